The van der Waals surface area contributed by atoms with Crippen molar-refractivity contribution in [2.75, 3.05) is 11.4 Å². The molecule has 7 nitrogen and oxygen atoms in total. The normalized spacial score (nSPS) is 25.5. The second-order valence-corrected chi connectivity index (χ2v) is 10.1. The highest BCUT2D eigenvalue weighted by Crippen LogP contribution is 2.46. The number of nitriles is 1. The quantitative estimate of drug-likeness (QED) is 0.335. The Bertz CT molecular complexity index is 1210. The van der Waals surface area contributed by atoms with Crippen molar-refractivity contribution in [1.82, 2.24) is 10.2 Å². The first-order valence-corrected chi connectivity index (χ1v) is 12.2. The number of ketones is 1. The van der Waals surface area contributed by atoms with Gasteiger partial charge in [-0.2, -0.15) is 5.26 Å². The number of rotatable bonds is 6. The molecule has 8 heteroatoms. The van der Waals surface area contributed by atoms with Crippen LogP contribution in [-0.2, 0) is 11.2 Å². The van der Waals surface area contributed by atoms with Gasteiger partial charge in [-0.3, -0.25) is 14.5 Å². The lowest BCUT2D eigenvalue weighted by atomic mass is 9.87. The summed E-state index contributed by atoms with van der Waals surface area (Å²) < 4.78 is 0.662. The van der Waals surface area contributed by atoms with Crippen molar-refractivity contribution in [2.45, 2.75) is 50.2 Å². The average Bonchev–Trinajstić information content (AvgIpc) is 3.48. The molecule has 3 saturated heterocycles. The number of benzene rings is 2. The van der Waals surface area contributed by atoms with E-state index in [1.807, 2.05) is 46.9 Å². The Kier molecular flexibility index (Phi) is 5.49. The molecule has 3 aliphatic heterocycles. The Balaban J connectivity index is 1.47. The molecule has 3 fully saturated rings. The van der Waals surface area contributed by atoms with Gasteiger partial charge in [0.15, 0.2) is 5.78 Å². The molecular weight excluding hydrogens is 531 g/mol. The molecule has 5 rings (SSSR count). The number of halogens is 1. The zero-order valence-electron chi connectivity index (χ0n) is 18.2. The van der Waals surface area contributed by atoms with Gasteiger partial charge in [-0.1, -0.05) is 37.6 Å². The SMILES string of the molecule is CCCCc1ccc(C(=O)C23CNC(C2)C2C(=O)N(c4ccc(C#N)c(I)c4)C(=O)N23)cc1. The standard InChI is InChI=1S/C25H23IN4O3/c1-2-3-4-15-5-7-16(8-6-15)22(31)25-12-20(28-14-25)21-23(32)29(24(33)30(21)25)18-10-9-17(13-27)19(26)11-18/h5-11,20-21,28H,2-4,12,14H2,1H3. The van der Waals surface area contributed by atoms with Gasteiger partial charge in [-0.05, 0) is 65.6 Å². The summed E-state index contributed by atoms with van der Waals surface area (Å²) in [5.41, 5.74) is 1.58. The van der Waals surface area contributed by atoms with Crippen molar-refractivity contribution in [2.24, 2.45) is 0 Å². The highest BCUT2D eigenvalue weighted by atomic mass is 127. The lowest BCUT2D eigenvalue weighted by molar-refractivity contribution is -0.120. The molecule has 0 radical (unpaired) electrons. The summed E-state index contributed by atoms with van der Waals surface area (Å²) in [6.07, 6.45) is 3.61. The molecule has 3 atom stereocenters. The molecule has 2 bridgehead atoms. The van der Waals surface area contributed by atoms with Crippen LogP contribution in [-0.4, -0.2) is 46.8 Å². The Hall–Kier alpha value is -2.77. The highest BCUT2D eigenvalue weighted by Gasteiger charge is 2.69. The van der Waals surface area contributed by atoms with Crippen molar-refractivity contribution in [3.8, 4) is 6.07 Å². The summed E-state index contributed by atoms with van der Waals surface area (Å²) in [5.74, 6) is -0.457. The van der Waals surface area contributed by atoms with E-state index >= 15 is 0 Å². The lowest BCUT2D eigenvalue weighted by Gasteiger charge is -2.36. The monoisotopic (exact) mass is 554 g/mol. The predicted octanol–water partition coefficient (Wildman–Crippen LogP) is 3.64. The number of urea groups is 1. The van der Waals surface area contributed by atoms with Gasteiger partial charge in [-0.25, -0.2) is 9.69 Å². The van der Waals surface area contributed by atoms with Gasteiger partial charge in [0.2, 0.25) is 0 Å². The largest absolute Gasteiger partial charge is 0.333 e. The number of hydrogen-bond donors (Lipinski definition) is 1. The van der Waals surface area contributed by atoms with Gasteiger partial charge in [0.25, 0.3) is 5.91 Å². The average molecular weight is 554 g/mol. The molecule has 0 aromatic heterocycles. The summed E-state index contributed by atoms with van der Waals surface area (Å²) in [7, 11) is 0. The van der Waals surface area contributed by atoms with E-state index in [4.69, 9.17) is 0 Å². The number of carbonyl (C=O) groups is 3. The van der Waals surface area contributed by atoms with Crippen LogP contribution in [0.4, 0.5) is 10.5 Å². The molecule has 2 aromatic rings. The molecule has 0 aliphatic carbocycles. The van der Waals surface area contributed by atoms with E-state index in [0.717, 1.165) is 24.2 Å². The van der Waals surface area contributed by atoms with Crippen LogP contribution in [0.3, 0.4) is 0 Å². The topological polar surface area (TPSA) is 93.5 Å². The number of carbonyl (C=O) groups excluding carboxylic acids is 3. The van der Waals surface area contributed by atoms with Crippen molar-refractivity contribution >= 4 is 46.0 Å². The number of piperazine rings is 1. The van der Waals surface area contributed by atoms with Gasteiger partial charge in [-0.15, -0.1) is 0 Å². The first kappa shape index (κ1) is 22.0. The number of nitrogens with one attached hydrogen (secondary N) is 1. The Morgan fingerprint density at radius 3 is 2.67 bits per heavy atom. The third kappa shape index (κ3) is 3.28. The Labute approximate surface area is 205 Å². The number of amides is 3. The van der Waals surface area contributed by atoms with E-state index in [1.165, 1.54) is 10.5 Å². The molecule has 0 spiro atoms. The fourth-order valence-electron chi connectivity index (χ4n) is 5.31. The predicted molar refractivity (Wildman–Crippen MR) is 131 cm³/mol. The summed E-state index contributed by atoms with van der Waals surface area (Å²) in [4.78, 5) is 43.3. The van der Waals surface area contributed by atoms with Crippen LogP contribution in [0.5, 0.6) is 0 Å². The number of fused-ring (bicyclic) bond motifs is 5. The van der Waals surface area contributed by atoms with Crippen LogP contribution in [0, 0.1) is 14.9 Å². The van der Waals surface area contributed by atoms with Gasteiger partial charge < -0.3 is 5.32 Å². The first-order chi connectivity index (χ1) is 15.9. The van der Waals surface area contributed by atoms with E-state index in [1.54, 1.807) is 18.2 Å². The minimum Gasteiger partial charge on any atom is -0.308 e. The second kappa shape index (κ2) is 8.22. The Morgan fingerprint density at radius 2 is 2.00 bits per heavy atom. The molecule has 0 saturated carbocycles. The number of nitrogens with zero attached hydrogens (tertiary/aromatic N) is 3. The summed E-state index contributed by atoms with van der Waals surface area (Å²) in [6, 6.07) is 13.2. The molecule has 168 valence electrons. The zero-order valence-corrected chi connectivity index (χ0v) is 20.3. The van der Waals surface area contributed by atoms with Crippen molar-refractivity contribution in [1.29, 1.82) is 5.26 Å². The van der Waals surface area contributed by atoms with Crippen LogP contribution >= 0.6 is 22.6 Å². The number of unbranched alkanes of at least 4 members (excludes halogenated alkanes) is 1. The van der Waals surface area contributed by atoms with Gasteiger partial charge >= 0.3 is 6.03 Å². The number of anilines is 1. The van der Waals surface area contributed by atoms with Crippen molar-refractivity contribution < 1.29 is 14.4 Å². The number of imide groups is 1. The molecular formula is C25H23IN4O3. The van der Waals surface area contributed by atoms with Crippen LogP contribution < -0.4 is 10.2 Å². The van der Waals surface area contributed by atoms with Crippen LogP contribution in [0.2, 0.25) is 0 Å². The van der Waals surface area contributed by atoms with E-state index in [-0.39, 0.29) is 17.7 Å². The number of Topliss-reactive ketones (excluding diaryl/α,β-unsaturated/α-hetero) is 1. The van der Waals surface area contributed by atoms with Crippen LogP contribution in [0.25, 0.3) is 0 Å². The maximum atomic E-state index is 13.7. The van der Waals surface area contributed by atoms with Crippen LogP contribution in [0.1, 0.15) is 47.7 Å². The summed E-state index contributed by atoms with van der Waals surface area (Å²) in [6.45, 7) is 2.48. The number of aryl methyl sites for hydroxylation is 1. The van der Waals surface area contributed by atoms with Crippen molar-refractivity contribution in [3.05, 3.63) is 62.7 Å². The third-order valence-electron chi connectivity index (χ3n) is 6.99. The molecule has 3 aliphatic rings. The van der Waals surface area contributed by atoms with E-state index in [0.29, 0.717) is 33.4 Å². The molecule has 1 N–H and O–H groups in total. The molecule has 3 unspecified atom stereocenters. The molecule has 3 amide bonds. The maximum Gasteiger partial charge on any atom is 0.333 e. The van der Waals surface area contributed by atoms with Gasteiger partial charge in [0, 0.05) is 21.7 Å². The van der Waals surface area contributed by atoms with E-state index in [9.17, 15) is 19.6 Å². The fourth-order valence-corrected chi connectivity index (χ4v) is 5.93. The smallest absolute Gasteiger partial charge is 0.308 e. The second-order valence-electron chi connectivity index (χ2n) is 8.90. The summed E-state index contributed by atoms with van der Waals surface area (Å²) >= 11 is 2.02. The summed E-state index contributed by atoms with van der Waals surface area (Å²) in [5, 5.41) is 12.5. The zero-order chi connectivity index (χ0) is 23.3. The van der Waals surface area contributed by atoms with Crippen molar-refractivity contribution in [3.63, 3.8) is 0 Å². The highest BCUT2D eigenvalue weighted by molar-refractivity contribution is 14.1. The number of hydrogen-bond acceptors (Lipinski definition) is 5. The minimum absolute atomic E-state index is 0.126. The molecule has 2 aromatic carbocycles. The minimum atomic E-state index is -1.07. The fraction of sp³-hybridized carbons (Fsp3) is 0.360. The third-order valence-corrected chi connectivity index (χ3v) is 7.89. The lowest BCUT2D eigenvalue weighted by Crippen LogP contribution is -2.61. The maximum absolute atomic E-state index is 13.7. The van der Waals surface area contributed by atoms with Gasteiger partial charge in [0.05, 0.1) is 11.3 Å². The molecule has 33 heavy (non-hydrogen) atoms. The van der Waals surface area contributed by atoms with Gasteiger partial charge in [0.1, 0.15) is 17.6 Å². The van der Waals surface area contributed by atoms with Crippen LogP contribution in [0.15, 0.2) is 42.5 Å². The van der Waals surface area contributed by atoms with E-state index in [2.05, 4.69) is 18.3 Å². The molecule has 3 heterocycles. The Morgan fingerprint density at radius 1 is 1.24 bits per heavy atom. The first-order valence-electron chi connectivity index (χ1n) is 11.2. The van der Waals surface area contributed by atoms with E-state index < -0.39 is 17.6 Å².